The van der Waals surface area contributed by atoms with Crippen LogP contribution in [-0.2, 0) is 6.54 Å². The summed E-state index contributed by atoms with van der Waals surface area (Å²) in [7, 11) is 1.69. The minimum Gasteiger partial charge on any atom is -0.497 e. The SMILES string of the molecule is COc1ccc(-c2ccc(CN3CCC(I)(CC#N)CC3)cc2)cc1. The van der Waals surface area contributed by atoms with Gasteiger partial charge in [0.05, 0.1) is 13.2 Å². The van der Waals surface area contributed by atoms with Gasteiger partial charge in [-0.05, 0) is 54.8 Å². The second kappa shape index (κ2) is 8.20. The van der Waals surface area contributed by atoms with Gasteiger partial charge in [-0.2, -0.15) is 5.26 Å². The van der Waals surface area contributed by atoms with E-state index in [4.69, 9.17) is 10.00 Å². The van der Waals surface area contributed by atoms with E-state index in [1.807, 2.05) is 12.1 Å². The van der Waals surface area contributed by atoms with Crippen LogP contribution in [0.15, 0.2) is 48.5 Å². The van der Waals surface area contributed by atoms with Crippen molar-refractivity contribution in [1.82, 2.24) is 4.90 Å². The maximum atomic E-state index is 8.96. The summed E-state index contributed by atoms with van der Waals surface area (Å²) in [5.74, 6) is 0.883. The average Bonchev–Trinajstić information content (AvgIpc) is 2.65. The second-order valence-corrected chi connectivity index (χ2v) is 8.98. The second-order valence-electron chi connectivity index (χ2n) is 6.69. The van der Waals surface area contributed by atoms with Crippen molar-refractivity contribution in [2.45, 2.75) is 29.2 Å². The highest BCUT2D eigenvalue weighted by Crippen LogP contribution is 2.35. The number of ether oxygens (including phenoxy) is 1. The van der Waals surface area contributed by atoms with Gasteiger partial charge in [0.25, 0.3) is 0 Å². The zero-order valence-corrected chi connectivity index (χ0v) is 16.7. The molecule has 0 bridgehead atoms. The summed E-state index contributed by atoms with van der Waals surface area (Å²) >= 11 is 2.49. The monoisotopic (exact) mass is 446 g/mol. The van der Waals surface area contributed by atoms with E-state index in [2.05, 4.69) is 70.0 Å². The summed E-state index contributed by atoms with van der Waals surface area (Å²) in [6.07, 6.45) is 2.87. The number of benzene rings is 2. The lowest BCUT2D eigenvalue weighted by molar-refractivity contribution is 0.199. The number of rotatable bonds is 5. The Morgan fingerprint density at radius 2 is 1.60 bits per heavy atom. The number of hydrogen-bond acceptors (Lipinski definition) is 3. The van der Waals surface area contributed by atoms with Crippen molar-refractivity contribution in [3.05, 3.63) is 54.1 Å². The molecule has 0 aromatic heterocycles. The van der Waals surface area contributed by atoms with Crippen molar-refractivity contribution in [3.63, 3.8) is 0 Å². The number of alkyl halides is 1. The van der Waals surface area contributed by atoms with Crippen molar-refractivity contribution >= 4 is 22.6 Å². The molecule has 130 valence electrons. The third kappa shape index (κ3) is 4.74. The highest BCUT2D eigenvalue weighted by atomic mass is 127. The summed E-state index contributed by atoms with van der Waals surface area (Å²) in [5.41, 5.74) is 3.78. The first kappa shape index (κ1) is 18.2. The number of methoxy groups -OCH3 is 1. The van der Waals surface area contributed by atoms with Gasteiger partial charge in [-0.1, -0.05) is 59.0 Å². The van der Waals surface area contributed by atoms with Crippen molar-refractivity contribution in [2.24, 2.45) is 0 Å². The normalized spacial score (nSPS) is 17.0. The summed E-state index contributed by atoms with van der Waals surface area (Å²) in [6.45, 7) is 3.14. The standard InChI is InChI=1S/C21H23IN2O/c1-25-20-8-6-19(7-9-20)18-4-2-17(3-5-18)16-24-14-11-21(22,10-13-23)12-15-24/h2-9H,10-12,14-16H2,1H3. The molecule has 1 heterocycles. The molecule has 3 rings (SSSR count). The van der Waals surface area contributed by atoms with E-state index in [0.29, 0.717) is 6.42 Å². The topological polar surface area (TPSA) is 36.3 Å². The molecule has 1 aliphatic heterocycles. The lowest BCUT2D eigenvalue weighted by atomic mass is 9.93. The molecule has 0 atom stereocenters. The molecular weight excluding hydrogens is 423 g/mol. The van der Waals surface area contributed by atoms with E-state index in [1.165, 1.54) is 16.7 Å². The lowest BCUT2D eigenvalue weighted by Crippen LogP contribution is -2.40. The van der Waals surface area contributed by atoms with Gasteiger partial charge >= 0.3 is 0 Å². The molecule has 25 heavy (non-hydrogen) atoms. The Morgan fingerprint density at radius 3 is 2.12 bits per heavy atom. The minimum atomic E-state index is 0.182. The van der Waals surface area contributed by atoms with Crippen molar-refractivity contribution in [2.75, 3.05) is 20.2 Å². The van der Waals surface area contributed by atoms with Crippen LogP contribution in [0.4, 0.5) is 0 Å². The summed E-state index contributed by atoms with van der Waals surface area (Å²) in [4.78, 5) is 2.50. The molecule has 0 amide bonds. The fourth-order valence-corrected chi connectivity index (χ4v) is 3.93. The third-order valence-electron chi connectivity index (χ3n) is 4.93. The quantitative estimate of drug-likeness (QED) is 0.477. The van der Waals surface area contributed by atoms with Crippen LogP contribution in [0.2, 0.25) is 0 Å². The maximum Gasteiger partial charge on any atom is 0.118 e. The number of likely N-dealkylation sites (tertiary alicyclic amines) is 1. The average molecular weight is 446 g/mol. The summed E-state index contributed by atoms with van der Waals surface area (Å²) < 4.78 is 5.40. The van der Waals surface area contributed by atoms with Crippen LogP contribution in [0, 0.1) is 11.3 Å². The molecule has 0 N–H and O–H groups in total. The smallest absolute Gasteiger partial charge is 0.118 e. The van der Waals surface area contributed by atoms with Crippen LogP contribution in [0.25, 0.3) is 11.1 Å². The number of halogens is 1. The predicted octanol–water partition coefficient (Wildman–Crippen LogP) is 5.05. The van der Waals surface area contributed by atoms with Gasteiger partial charge in [-0.25, -0.2) is 0 Å². The molecule has 3 nitrogen and oxygen atoms in total. The Bertz CT molecular complexity index is 726. The van der Waals surface area contributed by atoms with Gasteiger partial charge in [-0.3, -0.25) is 4.90 Å². The zero-order chi connectivity index (χ0) is 17.7. The van der Waals surface area contributed by atoms with E-state index >= 15 is 0 Å². The maximum absolute atomic E-state index is 8.96. The fraction of sp³-hybridized carbons (Fsp3) is 0.381. The van der Waals surface area contributed by atoms with Gasteiger partial charge < -0.3 is 4.74 Å². The van der Waals surface area contributed by atoms with Gasteiger partial charge in [0.15, 0.2) is 0 Å². The molecule has 1 fully saturated rings. The van der Waals surface area contributed by atoms with Crippen LogP contribution < -0.4 is 4.74 Å². The number of nitrogens with zero attached hydrogens (tertiary/aromatic N) is 2. The van der Waals surface area contributed by atoms with E-state index in [0.717, 1.165) is 38.2 Å². The largest absolute Gasteiger partial charge is 0.497 e. The lowest BCUT2D eigenvalue weighted by Gasteiger charge is -2.36. The third-order valence-corrected chi connectivity index (χ3v) is 6.39. The van der Waals surface area contributed by atoms with Crippen molar-refractivity contribution in [3.8, 4) is 22.9 Å². The fourth-order valence-electron chi connectivity index (χ4n) is 3.27. The molecule has 0 aliphatic carbocycles. The highest BCUT2D eigenvalue weighted by Gasteiger charge is 2.31. The first-order valence-corrected chi connectivity index (χ1v) is 9.71. The molecule has 0 radical (unpaired) electrons. The van der Waals surface area contributed by atoms with E-state index in [1.54, 1.807) is 7.11 Å². The Hall–Kier alpha value is -1.58. The van der Waals surface area contributed by atoms with E-state index < -0.39 is 0 Å². The molecule has 4 heteroatoms. The molecule has 1 aliphatic rings. The Balaban J connectivity index is 1.59. The van der Waals surface area contributed by atoms with Crippen LogP contribution in [0.3, 0.4) is 0 Å². The molecule has 1 saturated heterocycles. The van der Waals surface area contributed by atoms with Gasteiger partial charge in [-0.15, -0.1) is 0 Å². The first-order chi connectivity index (χ1) is 12.1. The number of hydrogen-bond donors (Lipinski definition) is 0. The summed E-state index contributed by atoms with van der Waals surface area (Å²) in [6, 6.07) is 19.3. The highest BCUT2D eigenvalue weighted by molar-refractivity contribution is 14.1. The van der Waals surface area contributed by atoms with Gasteiger partial charge in [0.2, 0.25) is 0 Å². The van der Waals surface area contributed by atoms with Crippen molar-refractivity contribution < 1.29 is 4.74 Å². The Morgan fingerprint density at radius 1 is 1.04 bits per heavy atom. The van der Waals surface area contributed by atoms with Crippen LogP contribution >= 0.6 is 22.6 Å². The molecule has 2 aromatic carbocycles. The Labute approximate surface area is 163 Å². The van der Waals surface area contributed by atoms with Crippen LogP contribution in [-0.4, -0.2) is 28.5 Å². The first-order valence-electron chi connectivity index (χ1n) is 8.63. The number of piperidine rings is 1. The van der Waals surface area contributed by atoms with Gasteiger partial charge in [0.1, 0.15) is 5.75 Å². The molecule has 0 spiro atoms. The molecular formula is C21H23IN2O. The van der Waals surface area contributed by atoms with E-state index in [-0.39, 0.29) is 3.42 Å². The zero-order valence-electron chi connectivity index (χ0n) is 14.5. The number of nitriles is 1. The van der Waals surface area contributed by atoms with Gasteiger partial charge in [0, 0.05) is 16.4 Å². The molecule has 0 saturated carbocycles. The molecule has 2 aromatic rings. The summed E-state index contributed by atoms with van der Waals surface area (Å²) in [5, 5.41) is 8.96. The van der Waals surface area contributed by atoms with Crippen LogP contribution in [0.1, 0.15) is 24.8 Å². The minimum absolute atomic E-state index is 0.182. The Kier molecular flexibility index (Phi) is 5.98. The van der Waals surface area contributed by atoms with E-state index in [9.17, 15) is 0 Å². The van der Waals surface area contributed by atoms with Crippen LogP contribution in [0.5, 0.6) is 5.75 Å². The predicted molar refractivity (Wildman–Crippen MR) is 110 cm³/mol. The molecule has 0 unspecified atom stereocenters. The van der Waals surface area contributed by atoms with Crippen molar-refractivity contribution in [1.29, 1.82) is 5.26 Å².